The maximum atomic E-state index is 11.5. The van der Waals surface area contributed by atoms with Crippen LogP contribution in [-0.4, -0.2) is 5.97 Å². The third-order valence-electron chi connectivity index (χ3n) is 4.26. The minimum atomic E-state index is -0.266. The summed E-state index contributed by atoms with van der Waals surface area (Å²) in [6, 6.07) is 0. The van der Waals surface area contributed by atoms with Crippen molar-refractivity contribution in [2.24, 2.45) is 17.3 Å². The molecule has 2 nitrogen and oxygen atoms in total. The topological polar surface area (TPSA) is 26.3 Å². The molecule has 2 aliphatic carbocycles. The number of esters is 1. The SMILES string of the molecule is C=C1C(=O)OC2=C[C@]3(C)C=CCC(=C)[C@H]3C[C@H]12. The first kappa shape index (κ1) is 10.6. The molecule has 3 aliphatic rings. The van der Waals surface area contributed by atoms with Crippen LogP contribution < -0.4 is 0 Å². The largest absolute Gasteiger partial charge is 0.427 e. The second-order valence-corrected chi connectivity index (χ2v) is 5.43. The highest BCUT2D eigenvalue weighted by molar-refractivity contribution is 5.92. The molecular formula is C15H16O2. The van der Waals surface area contributed by atoms with E-state index < -0.39 is 0 Å². The van der Waals surface area contributed by atoms with E-state index in [0.29, 0.717) is 11.5 Å². The minimum Gasteiger partial charge on any atom is -0.427 e. The molecule has 88 valence electrons. The van der Waals surface area contributed by atoms with Gasteiger partial charge in [-0.05, 0) is 24.8 Å². The van der Waals surface area contributed by atoms with Crippen LogP contribution >= 0.6 is 0 Å². The van der Waals surface area contributed by atoms with Gasteiger partial charge in [0.05, 0.1) is 0 Å². The van der Waals surface area contributed by atoms with Gasteiger partial charge in [0.2, 0.25) is 0 Å². The molecule has 0 radical (unpaired) electrons. The second kappa shape index (κ2) is 3.22. The van der Waals surface area contributed by atoms with Crippen molar-refractivity contribution in [3.63, 3.8) is 0 Å². The van der Waals surface area contributed by atoms with Gasteiger partial charge in [0.1, 0.15) is 5.76 Å². The average Bonchev–Trinajstić information content (AvgIpc) is 2.52. The van der Waals surface area contributed by atoms with Gasteiger partial charge in [-0.25, -0.2) is 4.79 Å². The monoisotopic (exact) mass is 228 g/mol. The van der Waals surface area contributed by atoms with Crippen LogP contribution in [0.4, 0.5) is 0 Å². The zero-order valence-corrected chi connectivity index (χ0v) is 10.0. The smallest absolute Gasteiger partial charge is 0.339 e. The summed E-state index contributed by atoms with van der Waals surface area (Å²) in [6.07, 6.45) is 8.29. The summed E-state index contributed by atoms with van der Waals surface area (Å²) in [5.74, 6) is 0.993. The molecule has 0 aromatic heterocycles. The van der Waals surface area contributed by atoms with Crippen molar-refractivity contribution in [3.05, 3.63) is 48.3 Å². The van der Waals surface area contributed by atoms with Gasteiger partial charge >= 0.3 is 5.97 Å². The van der Waals surface area contributed by atoms with Gasteiger partial charge < -0.3 is 4.74 Å². The number of rotatable bonds is 0. The molecule has 0 aromatic rings. The normalized spacial score (nSPS) is 39.6. The van der Waals surface area contributed by atoms with Crippen LogP contribution in [0.1, 0.15) is 19.8 Å². The molecule has 17 heavy (non-hydrogen) atoms. The molecule has 1 aliphatic heterocycles. The Labute approximate surface area is 101 Å². The number of fused-ring (bicyclic) bond motifs is 2. The summed E-state index contributed by atoms with van der Waals surface area (Å²) in [4.78, 5) is 11.5. The highest BCUT2D eigenvalue weighted by Gasteiger charge is 2.46. The molecule has 1 fully saturated rings. The number of allylic oxidation sites excluding steroid dienone is 5. The van der Waals surface area contributed by atoms with Crippen LogP contribution in [-0.2, 0) is 9.53 Å². The minimum absolute atomic E-state index is 0.0495. The number of hydrogen-bond acceptors (Lipinski definition) is 2. The number of carbonyl (C=O) groups is 1. The molecule has 1 heterocycles. The molecule has 1 saturated heterocycles. The Kier molecular flexibility index (Phi) is 2.00. The van der Waals surface area contributed by atoms with E-state index in [1.807, 2.05) is 0 Å². The van der Waals surface area contributed by atoms with E-state index in [2.05, 4.69) is 38.3 Å². The van der Waals surface area contributed by atoms with Crippen molar-refractivity contribution in [1.29, 1.82) is 0 Å². The summed E-state index contributed by atoms with van der Waals surface area (Å²) in [5.41, 5.74) is 1.80. The third-order valence-corrected chi connectivity index (χ3v) is 4.26. The van der Waals surface area contributed by atoms with E-state index in [0.717, 1.165) is 18.6 Å². The lowest BCUT2D eigenvalue weighted by atomic mass is 9.62. The van der Waals surface area contributed by atoms with Gasteiger partial charge in [-0.2, -0.15) is 0 Å². The van der Waals surface area contributed by atoms with E-state index in [1.165, 1.54) is 5.57 Å². The summed E-state index contributed by atoms with van der Waals surface area (Å²) < 4.78 is 5.29. The van der Waals surface area contributed by atoms with Crippen molar-refractivity contribution < 1.29 is 9.53 Å². The van der Waals surface area contributed by atoms with Crippen LogP contribution in [0, 0.1) is 17.3 Å². The maximum absolute atomic E-state index is 11.5. The Morgan fingerprint density at radius 1 is 1.47 bits per heavy atom. The van der Waals surface area contributed by atoms with Gasteiger partial charge in [0.15, 0.2) is 0 Å². The van der Waals surface area contributed by atoms with Crippen molar-refractivity contribution in [3.8, 4) is 0 Å². The molecule has 0 unspecified atom stereocenters. The molecule has 3 rings (SSSR count). The molecule has 0 bridgehead atoms. The van der Waals surface area contributed by atoms with Gasteiger partial charge in [-0.15, -0.1) is 0 Å². The Balaban J connectivity index is 2.08. The molecule has 0 saturated carbocycles. The lowest BCUT2D eigenvalue weighted by Crippen LogP contribution is -2.33. The van der Waals surface area contributed by atoms with Crippen LogP contribution in [0.5, 0.6) is 0 Å². The molecule has 0 spiro atoms. The molecule has 0 N–H and O–H groups in total. The van der Waals surface area contributed by atoms with E-state index in [9.17, 15) is 4.79 Å². The van der Waals surface area contributed by atoms with E-state index in [4.69, 9.17) is 4.74 Å². The fourth-order valence-corrected chi connectivity index (χ4v) is 3.22. The first-order chi connectivity index (χ1) is 8.01. The Morgan fingerprint density at radius 2 is 2.24 bits per heavy atom. The lowest BCUT2D eigenvalue weighted by Gasteiger charge is -2.41. The van der Waals surface area contributed by atoms with Crippen LogP contribution in [0.15, 0.2) is 48.3 Å². The Hall–Kier alpha value is -1.57. The summed E-state index contributed by atoms with van der Waals surface area (Å²) in [5, 5.41) is 0. The number of carbonyl (C=O) groups excluding carboxylic acids is 1. The first-order valence-electron chi connectivity index (χ1n) is 6.00. The van der Waals surface area contributed by atoms with E-state index in [1.54, 1.807) is 0 Å². The van der Waals surface area contributed by atoms with Gasteiger partial charge in [0, 0.05) is 16.9 Å². The van der Waals surface area contributed by atoms with Crippen molar-refractivity contribution >= 4 is 5.97 Å². The third kappa shape index (κ3) is 1.36. The van der Waals surface area contributed by atoms with Crippen LogP contribution in [0.3, 0.4) is 0 Å². The average molecular weight is 228 g/mol. The van der Waals surface area contributed by atoms with Crippen LogP contribution in [0.25, 0.3) is 0 Å². The van der Waals surface area contributed by atoms with Gasteiger partial charge in [-0.3, -0.25) is 0 Å². The fraction of sp³-hybridized carbons (Fsp3) is 0.400. The fourth-order valence-electron chi connectivity index (χ4n) is 3.22. The van der Waals surface area contributed by atoms with Crippen molar-refractivity contribution in [2.75, 3.05) is 0 Å². The zero-order valence-electron chi connectivity index (χ0n) is 10.0. The highest BCUT2D eigenvalue weighted by Crippen LogP contribution is 2.52. The lowest BCUT2D eigenvalue weighted by molar-refractivity contribution is -0.132. The van der Waals surface area contributed by atoms with Crippen LogP contribution in [0.2, 0.25) is 0 Å². The maximum Gasteiger partial charge on any atom is 0.339 e. The van der Waals surface area contributed by atoms with E-state index in [-0.39, 0.29) is 17.3 Å². The quantitative estimate of drug-likeness (QED) is 0.362. The molecule has 0 amide bonds. The predicted octanol–water partition coefficient (Wildman–Crippen LogP) is 3.14. The zero-order chi connectivity index (χ0) is 12.2. The first-order valence-corrected chi connectivity index (χ1v) is 6.00. The number of hydrogen-bond donors (Lipinski definition) is 0. The number of ether oxygens (including phenoxy) is 1. The Bertz CT molecular complexity index is 495. The van der Waals surface area contributed by atoms with E-state index >= 15 is 0 Å². The molecule has 3 atom stereocenters. The second-order valence-electron chi connectivity index (χ2n) is 5.43. The van der Waals surface area contributed by atoms with Gasteiger partial charge in [0.25, 0.3) is 0 Å². The summed E-state index contributed by atoms with van der Waals surface area (Å²) >= 11 is 0. The van der Waals surface area contributed by atoms with Crippen molar-refractivity contribution in [2.45, 2.75) is 19.8 Å². The summed E-state index contributed by atoms with van der Waals surface area (Å²) in [6.45, 7) is 10.2. The standard InChI is InChI=1S/C15H16O2/c1-9-5-4-6-15(3)8-13-11(7-12(9)15)10(2)14(16)17-13/h4,6,8,11-12H,1-2,5,7H2,3H3/t11-,12-,15+/m1/s1. The highest BCUT2D eigenvalue weighted by atomic mass is 16.5. The summed E-state index contributed by atoms with van der Waals surface area (Å²) in [7, 11) is 0. The molecule has 0 aromatic carbocycles. The van der Waals surface area contributed by atoms with Crippen molar-refractivity contribution in [1.82, 2.24) is 0 Å². The van der Waals surface area contributed by atoms with Gasteiger partial charge in [-0.1, -0.05) is 37.8 Å². The Morgan fingerprint density at radius 3 is 3.00 bits per heavy atom. The predicted molar refractivity (Wildman–Crippen MR) is 65.9 cm³/mol. The molecular weight excluding hydrogens is 212 g/mol. The molecule has 2 heteroatoms.